The van der Waals surface area contributed by atoms with Gasteiger partial charge in [-0.2, -0.15) is 0 Å². The molecule has 0 radical (unpaired) electrons. The molecular formula is C15H19IN2O2. The minimum absolute atomic E-state index is 0.00624. The van der Waals surface area contributed by atoms with Crippen LogP contribution < -0.4 is 5.32 Å². The zero-order valence-corrected chi connectivity index (χ0v) is 14.2. The van der Waals surface area contributed by atoms with Gasteiger partial charge in [-0.05, 0) is 54.5 Å². The van der Waals surface area contributed by atoms with Gasteiger partial charge in [0, 0.05) is 23.7 Å². The van der Waals surface area contributed by atoms with Crippen molar-refractivity contribution in [1.29, 1.82) is 0 Å². The van der Waals surface area contributed by atoms with Crippen LogP contribution in [0.1, 0.15) is 29.3 Å². The lowest BCUT2D eigenvalue weighted by Gasteiger charge is -2.23. The Morgan fingerprint density at radius 2 is 2.10 bits per heavy atom. The first-order chi connectivity index (χ1) is 9.39. The number of aryl methyl sites for hydroxylation is 1. The molecule has 20 heavy (non-hydrogen) atoms. The molecule has 4 nitrogen and oxygen atoms in total. The maximum Gasteiger partial charge on any atom is 0.254 e. The third-order valence-electron chi connectivity index (χ3n) is 3.96. The highest BCUT2D eigenvalue weighted by Crippen LogP contribution is 2.31. The highest BCUT2D eigenvalue weighted by molar-refractivity contribution is 14.1. The molecule has 1 aliphatic heterocycles. The molecule has 1 aliphatic rings. The number of carbonyl (C=O) groups is 2. The van der Waals surface area contributed by atoms with Crippen molar-refractivity contribution >= 4 is 34.4 Å². The number of nitrogens with one attached hydrogen (secondary N) is 1. The van der Waals surface area contributed by atoms with Crippen molar-refractivity contribution in [1.82, 2.24) is 10.2 Å². The SMILES string of the molecule is CNC(=O)C1(C)CCN(C(=O)c2cccc(C)c2I)C1. The van der Waals surface area contributed by atoms with E-state index in [1.165, 1.54) is 0 Å². The Labute approximate surface area is 133 Å². The number of amides is 2. The zero-order valence-electron chi connectivity index (χ0n) is 12.0. The van der Waals surface area contributed by atoms with Gasteiger partial charge in [0.15, 0.2) is 0 Å². The number of hydrogen-bond acceptors (Lipinski definition) is 2. The van der Waals surface area contributed by atoms with Gasteiger partial charge < -0.3 is 10.2 Å². The number of benzene rings is 1. The zero-order chi connectivity index (χ0) is 14.9. The van der Waals surface area contributed by atoms with Crippen LogP contribution in [0.25, 0.3) is 0 Å². The summed E-state index contributed by atoms with van der Waals surface area (Å²) in [6, 6.07) is 5.75. The first kappa shape index (κ1) is 15.3. The fourth-order valence-electron chi connectivity index (χ4n) is 2.60. The second-order valence-electron chi connectivity index (χ2n) is 5.55. The van der Waals surface area contributed by atoms with E-state index in [1.807, 2.05) is 32.0 Å². The largest absolute Gasteiger partial charge is 0.359 e. The van der Waals surface area contributed by atoms with Crippen molar-refractivity contribution in [3.63, 3.8) is 0 Å². The Bertz CT molecular complexity index is 559. The van der Waals surface area contributed by atoms with Gasteiger partial charge in [0.05, 0.1) is 11.0 Å². The van der Waals surface area contributed by atoms with Gasteiger partial charge in [-0.15, -0.1) is 0 Å². The first-order valence-corrected chi connectivity index (χ1v) is 7.73. The molecule has 1 N–H and O–H groups in total. The van der Waals surface area contributed by atoms with Crippen molar-refractivity contribution in [2.45, 2.75) is 20.3 Å². The van der Waals surface area contributed by atoms with E-state index >= 15 is 0 Å². The Balaban J connectivity index is 2.20. The summed E-state index contributed by atoms with van der Waals surface area (Å²) in [6.45, 7) is 5.03. The third kappa shape index (κ3) is 2.68. The number of rotatable bonds is 2. The van der Waals surface area contributed by atoms with Crippen LogP contribution in [0.2, 0.25) is 0 Å². The maximum absolute atomic E-state index is 12.6. The molecule has 1 heterocycles. The van der Waals surface area contributed by atoms with Gasteiger partial charge in [0.25, 0.3) is 5.91 Å². The standard InChI is InChI=1S/C15H19IN2O2/c1-10-5-4-6-11(12(10)16)13(19)18-8-7-15(2,9-18)14(20)17-3/h4-6H,7-9H2,1-3H3,(H,17,20). The molecule has 0 aliphatic carbocycles. The van der Waals surface area contributed by atoms with Crippen molar-refractivity contribution in [3.05, 3.63) is 32.9 Å². The van der Waals surface area contributed by atoms with E-state index in [2.05, 4.69) is 27.9 Å². The quantitative estimate of drug-likeness (QED) is 0.793. The van der Waals surface area contributed by atoms with E-state index < -0.39 is 5.41 Å². The maximum atomic E-state index is 12.6. The monoisotopic (exact) mass is 386 g/mol. The van der Waals surface area contributed by atoms with Gasteiger partial charge in [0.2, 0.25) is 5.91 Å². The molecule has 1 atom stereocenters. The third-order valence-corrected chi connectivity index (χ3v) is 5.39. The summed E-state index contributed by atoms with van der Waals surface area (Å²) in [6.07, 6.45) is 0.709. The molecule has 1 fully saturated rings. The summed E-state index contributed by atoms with van der Waals surface area (Å²) < 4.78 is 0.989. The topological polar surface area (TPSA) is 49.4 Å². The van der Waals surface area contributed by atoms with E-state index in [0.717, 1.165) is 14.7 Å². The molecule has 1 unspecified atom stereocenters. The Morgan fingerprint density at radius 3 is 2.75 bits per heavy atom. The number of carbonyl (C=O) groups excluding carboxylic acids is 2. The fraction of sp³-hybridized carbons (Fsp3) is 0.467. The Hall–Kier alpha value is -1.11. The minimum Gasteiger partial charge on any atom is -0.359 e. The Kier molecular flexibility index (Phi) is 4.36. The van der Waals surface area contributed by atoms with E-state index in [0.29, 0.717) is 19.5 Å². The molecule has 1 aromatic rings. The van der Waals surface area contributed by atoms with Crippen LogP contribution in [0.15, 0.2) is 18.2 Å². The number of likely N-dealkylation sites (tertiary alicyclic amines) is 1. The smallest absolute Gasteiger partial charge is 0.254 e. The molecular weight excluding hydrogens is 367 g/mol. The van der Waals surface area contributed by atoms with Crippen molar-refractivity contribution in [2.75, 3.05) is 20.1 Å². The summed E-state index contributed by atoms with van der Waals surface area (Å²) in [7, 11) is 1.64. The highest BCUT2D eigenvalue weighted by Gasteiger charge is 2.41. The molecule has 108 valence electrons. The molecule has 0 aromatic heterocycles. The summed E-state index contributed by atoms with van der Waals surface area (Å²) in [5.74, 6) is 0.0254. The summed E-state index contributed by atoms with van der Waals surface area (Å²) >= 11 is 2.21. The Morgan fingerprint density at radius 1 is 1.40 bits per heavy atom. The lowest BCUT2D eigenvalue weighted by atomic mass is 9.89. The van der Waals surface area contributed by atoms with Crippen molar-refractivity contribution < 1.29 is 9.59 Å². The minimum atomic E-state index is -0.473. The van der Waals surface area contributed by atoms with Crippen LogP contribution in [-0.2, 0) is 4.79 Å². The number of halogens is 1. The lowest BCUT2D eigenvalue weighted by molar-refractivity contribution is -0.128. The van der Waals surface area contributed by atoms with Crippen LogP contribution in [0, 0.1) is 15.9 Å². The van der Waals surface area contributed by atoms with Gasteiger partial charge in [-0.25, -0.2) is 0 Å². The number of hydrogen-bond donors (Lipinski definition) is 1. The van der Waals surface area contributed by atoms with Gasteiger partial charge >= 0.3 is 0 Å². The van der Waals surface area contributed by atoms with Crippen LogP contribution in [0.3, 0.4) is 0 Å². The lowest BCUT2D eigenvalue weighted by Crippen LogP contribution is -2.40. The number of nitrogens with zero attached hydrogens (tertiary/aromatic N) is 1. The summed E-state index contributed by atoms with van der Waals surface area (Å²) in [4.78, 5) is 26.3. The van der Waals surface area contributed by atoms with Crippen LogP contribution in [-0.4, -0.2) is 36.9 Å². The average Bonchev–Trinajstić information content (AvgIpc) is 2.84. The van der Waals surface area contributed by atoms with Gasteiger partial charge in [-0.3, -0.25) is 9.59 Å². The molecule has 0 spiro atoms. The molecule has 1 saturated heterocycles. The normalized spacial score (nSPS) is 21.9. The highest BCUT2D eigenvalue weighted by atomic mass is 127. The van der Waals surface area contributed by atoms with E-state index in [4.69, 9.17) is 0 Å². The fourth-order valence-corrected chi connectivity index (χ4v) is 3.19. The predicted octanol–water partition coefficient (Wildman–Crippen LogP) is 2.20. The van der Waals surface area contributed by atoms with Crippen molar-refractivity contribution in [3.8, 4) is 0 Å². The van der Waals surface area contributed by atoms with Crippen LogP contribution >= 0.6 is 22.6 Å². The van der Waals surface area contributed by atoms with E-state index in [9.17, 15) is 9.59 Å². The molecule has 0 saturated carbocycles. The van der Waals surface area contributed by atoms with E-state index in [1.54, 1.807) is 11.9 Å². The van der Waals surface area contributed by atoms with Crippen LogP contribution in [0.5, 0.6) is 0 Å². The van der Waals surface area contributed by atoms with Gasteiger partial charge in [-0.1, -0.05) is 12.1 Å². The van der Waals surface area contributed by atoms with Crippen LogP contribution in [0.4, 0.5) is 0 Å². The second kappa shape index (κ2) is 5.71. The summed E-state index contributed by atoms with van der Waals surface area (Å²) in [5, 5.41) is 2.69. The van der Waals surface area contributed by atoms with Gasteiger partial charge in [0.1, 0.15) is 0 Å². The average molecular weight is 386 g/mol. The molecule has 2 amide bonds. The van der Waals surface area contributed by atoms with Crippen molar-refractivity contribution in [2.24, 2.45) is 5.41 Å². The molecule has 0 bridgehead atoms. The molecule has 2 rings (SSSR count). The first-order valence-electron chi connectivity index (χ1n) is 6.65. The molecule has 1 aromatic carbocycles. The van der Waals surface area contributed by atoms with E-state index in [-0.39, 0.29) is 11.8 Å². The summed E-state index contributed by atoms with van der Waals surface area (Å²) in [5.41, 5.74) is 1.36. The predicted molar refractivity (Wildman–Crippen MR) is 86.6 cm³/mol. The molecule has 5 heteroatoms. The second-order valence-corrected chi connectivity index (χ2v) is 6.63.